The molecule has 2 heteroatoms. The molecule has 0 fully saturated rings. The largest absolute Gasteiger partial charge is 0.248 e. The fraction of sp³-hybridized carbons (Fsp3) is 0.192. The summed E-state index contributed by atoms with van der Waals surface area (Å²) in [6.07, 6.45) is 0. The molecule has 0 bridgehead atoms. The second kappa shape index (κ2) is 5.93. The van der Waals surface area contributed by atoms with E-state index in [1.807, 2.05) is 18.2 Å². The summed E-state index contributed by atoms with van der Waals surface area (Å²) in [6.45, 7) is 8.98. The minimum Gasteiger partial charge on any atom is -0.248 e. The standard InChI is InChI=1S/C26H22ClN/c1-15-8-10-21-18(12-15)19-13-16(2)14-20(25(19)26(21,3)4)24-11-9-17-22(27)6-5-7-23(17)28-24/h5-14H,1-4H3. The molecule has 0 N–H and O–H groups in total. The highest BCUT2D eigenvalue weighted by Crippen LogP contribution is 2.52. The Morgan fingerprint density at radius 2 is 1.54 bits per heavy atom. The van der Waals surface area contributed by atoms with E-state index in [1.165, 1.54) is 38.9 Å². The molecule has 3 aromatic carbocycles. The summed E-state index contributed by atoms with van der Waals surface area (Å²) >= 11 is 6.36. The maximum Gasteiger partial charge on any atom is 0.0724 e. The number of fused-ring (bicyclic) bond motifs is 4. The fourth-order valence-electron chi connectivity index (χ4n) is 4.70. The van der Waals surface area contributed by atoms with Gasteiger partial charge in [-0.05, 0) is 72.0 Å². The smallest absolute Gasteiger partial charge is 0.0724 e. The van der Waals surface area contributed by atoms with Crippen LogP contribution in [0.1, 0.15) is 36.1 Å². The Morgan fingerprint density at radius 1 is 0.786 bits per heavy atom. The topological polar surface area (TPSA) is 12.9 Å². The van der Waals surface area contributed by atoms with Gasteiger partial charge in [-0.3, -0.25) is 0 Å². The van der Waals surface area contributed by atoms with Gasteiger partial charge in [-0.15, -0.1) is 0 Å². The van der Waals surface area contributed by atoms with Crippen LogP contribution >= 0.6 is 11.6 Å². The summed E-state index contributed by atoms with van der Waals surface area (Å²) in [6, 6.07) is 21.5. The van der Waals surface area contributed by atoms with Gasteiger partial charge in [-0.1, -0.05) is 61.3 Å². The molecule has 0 saturated heterocycles. The number of aromatic nitrogens is 1. The minimum absolute atomic E-state index is 0.0631. The summed E-state index contributed by atoms with van der Waals surface area (Å²) in [5.41, 5.74) is 11.1. The van der Waals surface area contributed by atoms with Crippen LogP contribution in [0.4, 0.5) is 0 Å². The third-order valence-electron chi connectivity index (χ3n) is 6.00. The first-order valence-corrected chi connectivity index (χ1v) is 10.1. The number of aryl methyl sites for hydroxylation is 2. The van der Waals surface area contributed by atoms with Crippen LogP contribution in [-0.4, -0.2) is 4.98 Å². The molecule has 1 heterocycles. The van der Waals surface area contributed by atoms with Gasteiger partial charge in [0.25, 0.3) is 0 Å². The van der Waals surface area contributed by atoms with E-state index in [0.717, 1.165) is 21.6 Å². The van der Waals surface area contributed by atoms with Crippen molar-refractivity contribution in [1.82, 2.24) is 4.98 Å². The van der Waals surface area contributed by atoms with E-state index in [-0.39, 0.29) is 5.41 Å². The fourth-order valence-corrected chi connectivity index (χ4v) is 4.93. The second-order valence-electron chi connectivity index (χ2n) is 8.41. The van der Waals surface area contributed by atoms with Gasteiger partial charge in [0.05, 0.1) is 11.2 Å². The minimum atomic E-state index is -0.0631. The number of benzene rings is 3. The van der Waals surface area contributed by atoms with Gasteiger partial charge in [0.15, 0.2) is 0 Å². The van der Waals surface area contributed by atoms with Crippen molar-refractivity contribution in [2.45, 2.75) is 33.1 Å². The number of rotatable bonds is 1. The molecule has 0 aliphatic heterocycles. The van der Waals surface area contributed by atoms with Crippen molar-refractivity contribution in [3.63, 3.8) is 0 Å². The van der Waals surface area contributed by atoms with Crippen LogP contribution in [0.3, 0.4) is 0 Å². The quantitative estimate of drug-likeness (QED) is 0.332. The van der Waals surface area contributed by atoms with Crippen LogP contribution < -0.4 is 0 Å². The summed E-state index contributed by atoms with van der Waals surface area (Å²) in [7, 11) is 0. The number of pyridine rings is 1. The lowest BCUT2D eigenvalue weighted by atomic mass is 9.79. The van der Waals surface area contributed by atoms with Crippen molar-refractivity contribution in [1.29, 1.82) is 0 Å². The van der Waals surface area contributed by atoms with Crippen LogP contribution in [0.5, 0.6) is 0 Å². The zero-order chi connectivity index (χ0) is 19.6. The van der Waals surface area contributed by atoms with Gasteiger partial charge in [0, 0.05) is 21.4 Å². The van der Waals surface area contributed by atoms with Gasteiger partial charge in [-0.25, -0.2) is 4.98 Å². The highest BCUT2D eigenvalue weighted by atomic mass is 35.5. The lowest BCUT2D eigenvalue weighted by Crippen LogP contribution is -2.16. The van der Waals surface area contributed by atoms with Crippen molar-refractivity contribution in [3.8, 4) is 22.4 Å². The second-order valence-corrected chi connectivity index (χ2v) is 8.82. The maximum atomic E-state index is 6.36. The highest BCUT2D eigenvalue weighted by molar-refractivity contribution is 6.35. The van der Waals surface area contributed by atoms with Crippen molar-refractivity contribution in [2.75, 3.05) is 0 Å². The lowest BCUT2D eigenvalue weighted by molar-refractivity contribution is 0.661. The first kappa shape index (κ1) is 17.5. The third-order valence-corrected chi connectivity index (χ3v) is 6.33. The van der Waals surface area contributed by atoms with Crippen molar-refractivity contribution < 1.29 is 0 Å². The molecule has 1 aliphatic rings. The molecule has 0 radical (unpaired) electrons. The van der Waals surface area contributed by atoms with E-state index in [9.17, 15) is 0 Å². The Labute approximate surface area is 171 Å². The van der Waals surface area contributed by atoms with Crippen LogP contribution in [0, 0.1) is 13.8 Å². The van der Waals surface area contributed by atoms with E-state index >= 15 is 0 Å². The van der Waals surface area contributed by atoms with Crippen molar-refractivity contribution in [3.05, 3.63) is 87.9 Å². The highest BCUT2D eigenvalue weighted by Gasteiger charge is 2.38. The molecular formula is C26H22ClN. The molecule has 0 atom stereocenters. The van der Waals surface area contributed by atoms with E-state index in [0.29, 0.717) is 0 Å². The molecule has 4 aromatic rings. The average Bonchev–Trinajstić information content (AvgIpc) is 2.88. The van der Waals surface area contributed by atoms with Crippen LogP contribution in [0.25, 0.3) is 33.3 Å². The van der Waals surface area contributed by atoms with Crippen LogP contribution in [0.2, 0.25) is 5.02 Å². The molecule has 28 heavy (non-hydrogen) atoms. The summed E-state index contributed by atoms with van der Waals surface area (Å²) in [5, 5.41) is 1.74. The Balaban J connectivity index is 1.82. The van der Waals surface area contributed by atoms with E-state index in [1.54, 1.807) is 0 Å². The molecule has 1 aliphatic carbocycles. The molecule has 1 aromatic heterocycles. The van der Waals surface area contributed by atoms with Gasteiger partial charge in [0.1, 0.15) is 0 Å². The Kier molecular flexibility index (Phi) is 3.70. The molecule has 1 nitrogen and oxygen atoms in total. The molecule has 0 saturated carbocycles. The molecule has 138 valence electrons. The number of halogens is 1. The van der Waals surface area contributed by atoms with Crippen LogP contribution in [-0.2, 0) is 5.41 Å². The van der Waals surface area contributed by atoms with Gasteiger partial charge < -0.3 is 0 Å². The Bertz CT molecular complexity index is 1270. The monoisotopic (exact) mass is 383 g/mol. The van der Waals surface area contributed by atoms with E-state index in [2.05, 4.69) is 70.2 Å². The SMILES string of the molecule is Cc1ccc2c(c1)-c1cc(C)cc(-c3ccc4c(Cl)cccc4n3)c1C2(C)C. The first-order chi connectivity index (χ1) is 13.4. The molecule has 0 spiro atoms. The average molecular weight is 384 g/mol. The van der Waals surface area contributed by atoms with Gasteiger partial charge in [-0.2, -0.15) is 0 Å². The Hall–Kier alpha value is -2.64. The number of hydrogen-bond donors (Lipinski definition) is 0. The normalized spacial score (nSPS) is 14.2. The summed E-state index contributed by atoms with van der Waals surface area (Å²) in [5.74, 6) is 0. The van der Waals surface area contributed by atoms with Crippen LogP contribution in [0.15, 0.2) is 60.7 Å². The zero-order valence-corrected chi connectivity index (χ0v) is 17.4. The summed E-state index contributed by atoms with van der Waals surface area (Å²) in [4.78, 5) is 4.99. The predicted molar refractivity (Wildman–Crippen MR) is 119 cm³/mol. The third kappa shape index (κ3) is 2.43. The van der Waals surface area contributed by atoms with Crippen molar-refractivity contribution >= 4 is 22.5 Å². The summed E-state index contributed by atoms with van der Waals surface area (Å²) < 4.78 is 0. The number of hydrogen-bond acceptors (Lipinski definition) is 1. The van der Waals surface area contributed by atoms with E-state index < -0.39 is 0 Å². The zero-order valence-electron chi connectivity index (χ0n) is 16.6. The predicted octanol–water partition coefficient (Wildman–Crippen LogP) is 7.48. The van der Waals surface area contributed by atoms with Crippen molar-refractivity contribution in [2.24, 2.45) is 0 Å². The first-order valence-electron chi connectivity index (χ1n) is 9.68. The maximum absolute atomic E-state index is 6.36. The van der Waals surface area contributed by atoms with Gasteiger partial charge in [0.2, 0.25) is 0 Å². The molecule has 5 rings (SSSR count). The molecular weight excluding hydrogens is 362 g/mol. The molecule has 0 unspecified atom stereocenters. The molecule has 0 amide bonds. The van der Waals surface area contributed by atoms with E-state index in [4.69, 9.17) is 16.6 Å². The van der Waals surface area contributed by atoms with Gasteiger partial charge >= 0.3 is 0 Å². The number of nitrogens with zero attached hydrogens (tertiary/aromatic N) is 1. The lowest BCUT2D eigenvalue weighted by Gasteiger charge is -2.24. The Morgan fingerprint density at radius 3 is 2.36 bits per heavy atom.